The van der Waals surface area contributed by atoms with Crippen LogP contribution in [0.25, 0.3) is 0 Å². The van der Waals surface area contributed by atoms with Crippen molar-refractivity contribution in [3.63, 3.8) is 0 Å². The molecule has 0 aromatic heterocycles. The molecular formula is C16H27N. The second-order valence-electron chi connectivity index (χ2n) is 4.86. The molecule has 0 aliphatic carbocycles. The van der Waals surface area contributed by atoms with Crippen LogP contribution in [0.3, 0.4) is 0 Å². The van der Waals surface area contributed by atoms with Crippen LogP contribution in [0, 0.1) is 5.92 Å². The number of unbranched alkanes of at least 4 members (excludes halogenated alkanes) is 1. The quantitative estimate of drug-likeness (QED) is 0.609. The molecule has 1 aliphatic rings. The fraction of sp³-hybridized carbons (Fsp3) is 0.625. The van der Waals surface area contributed by atoms with E-state index in [1.165, 1.54) is 50.9 Å². The molecule has 0 radical (unpaired) electrons. The minimum Gasteiger partial charge on any atom is -0.372 e. The van der Waals surface area contributed by atoms with E-state index in [-0.39, 0.29) is 0 Å². The fourth-order valence-electron chi connectivity index (χ4n) is 2.36. The third-order valence-electron chi connectivity index (χ3n) is 3.59. The van der Waals surface area contributed by atoms with Crippen LogP contribution in [0.15, 0.2) is 36.6 Å². The van der Waals surface area contributed by atoms with Gasteiger partial charge in [-0.1, -0.05) is 45.4 Å². The number of likely N-dealkylation sites (tertiary alicyclic amines) is 1. The highest BCUT2D eigenvalue weighted by atomic mass is 15.1. The van der Waals surface area contributed by atoms with Crippen LogP contribution in [0.5, 0.6) is 0 Å². The first-order chi connectivity index (χ1) is 8.31. The maximum absolute atomic E-state index is 3.82. The largest absolute Gasteiger partial charge is 0.372 e. The molecule has 1 fully saturated rings. The standard InChI is InChI=1S/C16H27N/c1-4-7-8-10-16(9-5-2)17-13-11-15(6-3)12-14-17/h5,8-10,15H,2,4,6-7,11-14H2,1,3H3/b10-8-,16-9+. The molecule has 0 aromatic carbocycles. The average Bonchev–Trinajstić information content (AvgIpc) is 2.38. The van der Waals surface area contributed by atoms with Crippen molar-refractivity contribution in [2.75, 3.05) is 13.1 Å². The lowest BCUT2D eigenvalue weighted by Gasteiger charge is -2.33. The van der Waals surface area contributed by atoms with Crippen LogP contribution < -0.4 is 0 Å². The van der Waals surface area contributed by atoms with E-state index in [1.807, 2.05) is 6.08 Å². The Hall–Kier alpha value is -0.980. The van der Waals surface area contributed by atoms with Crippen LogP contribution in [-0.4, -0.2) is 18.0 Å². The van der Waals surface area contributed by atoms with Crippen molar-refractivity contribution >= 4 is 0 Å². The normalized spacial score (nSPS) is 18.9. The molecule has 0 N–H and O–H groups in total. The molecule has 0 aromatic rings. The van der Waals surface area contributed by atoms with Gasteiger partial charge in [0.05, 0.1) is 0 Å². The van der Waals surface area contributed by atoms with E-state index in [4.69, 9.17) is 0 Å². The van der Waals surface area contributed by atoms with Gasteiger partial charge in [-0.05, 0) is 37.3 Å². The number of hydrogen-bond acceptors (Lipinski definition) is 1. The van der Waals surface area contributed by atoms with Crippen molar-refractivity contribution in [2.45, 2.75) is 46.0 Å². The van der Waals surface area contributed by atoms with Gasteiger partial charge in [-0.15, -0.1) is 0 Å². The predicted octanol–water partition coefficient (Wildman–Crippen LogP) is 4.53. The molecule has 1 nitrogen and oxygen atoms in total. The molecule has 0 unspecified atom stereocenters. The van der Waals surface area contributed by atoms with Crippen molar-refractivity contribution in [2.24, 2.45) is 5.92 Å². The van der Waals surface area contributed by atoms with E-state index in [9.17, 15) is 0 Å². The number of hydrogen-bond donors (Lipinski definition) is 0. The fourth-order valence-corrected chi connectivity index (χ4v) is 2.36. The van der Waals surface area contributed by atoms with E-state index in [2.05, 4.69) is 43.6 Å². The number of piperidine rings is 1. The Bertz CT molecular complexity index is 267. The van der Waals surface area contributed by atoms with Crippen molar-refractivity contribution in [3.05, 3.63) is 36.6 Å². The minimum atomic E-state index is 0.941. The highest BCUT2D eigenvalue weighted by Crippen LogP contribution is 2.23. The Morgan fingerprint density at radius 1 is 1.29 bits per heavy atom. The molecule has 0 saturated carbocycles. The van der Waals surface area contributed by atoms with E-state index in [0.717, 1.165) is 5.92 Å². The number of allylic oxidation sites excluding steroid dienone is 4. The summed E-state index contributed by atoms with van der Waals surface area (Å²) in [6.45, 7) is 10.7. The van der Waals surface area contributed by atoms with Gasteiger partial charge in [-0.25, -0.2) is 0 Å². The van der Waals surface area contributed by atoms with Gasteiger partial charge in [0.25, 0.3) is 0 Å². The molecule has 0 spiro atoms. The summed E-state index contributed by atoms with van der Waals surface area (Å²) in [5, 5.41) is 0. The minimum absolute atomic E-state index is 0.941. The molecule has 0 atom stereocenters. The highest BCUT2D eigenvalue weighted by Gasteiger charge is 2.17. The Labute approximate surface area is 107 Å². The SMILES string of the molecule is C=C/C=C(\C=C/CCC)N1CCC(CC)CC1. The summed E-state index contributed by atoms with van der Waals surface area (Å²) < 4.78 is 0. The van der Waals surface area contributed by atoms with Gasteiger partial charge in [-0.2, -0.15) is 0 Å². The van der Waals surface area contributed by atoms with Crippen LogP contribution in [-0.2, 0) is 0 Å². The van der Waals surface area contributed by atoms with E-state index < -0.39 is 0 Å². The smallest absolute Gasteiger partial charge is 0.0362 e. The maximum atomic E-state index is 3.82. The van der Waals surface area contributed by atoms with Crippen LogP contribution in [0.1, 0.15) is 46.0 Å². The van der Waals surface area contributed by atoms with Crippen molar-refractivity contribution in [1.29, 1.82) is 0 Å². The average molecular weight is 233 g/mol. The maximum Gasteiger partial charge on any atom is 0.0362 e. The molecule has 96 valence electrons. The molecular weight excluding hydrogens is 206 g/mol. The predicted molar refractivity (Wildman–Crippen MR) is 76.9 cm³/mol. The van der Waals surface area contributed by atoms with Gasteiger partial charge in [0.2, 0.25) is 0 Å². The van der Waals surface area contributed by atoms with Crippen molar-refractivity contribution < 1.29 is 0 Å². The first-order valence-corrected chi connectivity index (χ1v) is 7.06. The Balaban J connectivity index is 2.54. The summed E-state index contributed by atoms with van der Waals surface area (Å²) in [4.78, 5) is 2.50. The molecule has 1 aliphatic heterocycles. The zero-order valence-corrected chi connectivity index (χ0v) is 11.5. The summed E-state index contributed by atoms with van der Waals surface area (Å²) in [5.74, 6) is 0.941. The van der Waals surface area contributed by atoms with Crippen molar-refractivity contribution in [1.82, 2.24) is 4.90 Å². The van der Waals surface area contributed by atoms with Gasteiger partial charge in [0.15, 0.2) is 0 Å². The topological polar surface area (TPSA) is 3.24 Å². The lowest BCUT2D eigenvalue weighted by Crippen LogP contribution is -2.32. The van der Waals surface area contributed by atoms with Crippen LogP contribution in [0.2, 0.25) is 0 Å². The van der Waals surface area contributed by atoms with E-state index in [0.29, 0.717) is 0 Å². The molecule has 1 saturated heterocycles. The summed E-state index contributed by atoms with van der Waals surface area (Å²) in [5.41, 5.74) is 1.34. The zero-order chi connectivity index (χ0) is 12.5. The van der Waals surface area contributed by atoms with Gasteiger partial charge in [0.1, 0.15) is 0 Å². The lowest BCUT2D eigenvalue weighted by atomic mass is 9.94. The van der Waals surface area contributed by atoms with Crippen LogP contribution in [0.4, 0.5) is 0 Å². The summed E-state index contributed by atoms with van der Waals surface area (Å²) in [6.07, 6.45) is 15.0. The van der Waals surface area contributed by atoms with E-state index >= 15 is 0 Å². The molecule has 1 heterocycles. The first-order valence-electron chi connectivity index (χ1n) is 7.06. The van der Waals surface area contributed by atoms with Crippen molar-refractivity contribution in [3.8, 4) is 0 Å². The highest BCUT2D eigenvalue weighted by molar-refractivity contribution is 5.22. The Morgan fingerprint density at radius 3 is 2.53 bits per heavy atom. The van der Waals surface area contributed by atoms with Gasteiger partial charge < -0.3 is 4.90 Å². The third kappa shape index (κ3) is 4.80. The third-order valence-corrected chi connectivity index (χ3v) is 3.59. The van der Waals surface area contributed by atoms with Gasteiger partial charge in [0, 0.05) is 18.8 Å². The van der Waals surface area contributed by atoms with Crippen LogP contribution >= 0.6 is 0 Å². The van der Waals surface area contributed by atoms with Gasteiger partial charge in [-0.3, -0.25) is 0 Å². The molecule has 0 amide bonds. The molecule has 17 heavy (non-hydrogen) atoms. The second-order valence-corrected chi connectivity index (χ2v) is 4.86. The second kappa shape index (κ2) is 8.16. The number of nitrogens with zero attached hydrogens (tertiary/aromatic N) is 1. The van der Waals surface area contributed by atoms with Gasteiger partial charge >= 0.3 is 0 Å². The Morgan fingerprint density at radius 2 is 2.00 bits per heavy atom. The monoisotopic (exact) mass is 233 g/mol. The molecule has 1 heteroatoms. The Kier molecular flexibility index (Phi) is 6.76. The lowest BCUT2D eigenvalue weighted by molar-refractivity contribution is 0.228. The zero-order valence-electron chi connectivity index (χ0n) is 11.5. The number of rotatable bonds is 6. The molecule has 0 bridgehead atoms. The molecule has 1 rings (SSSR count). The summed E-state index contributed by atoms with van der Waals surface area (Å²) >= 11 is 0. The van der Waals surface area contributed by atoms with E-state index in [1.54, 1.807) is 0 Å². The first kappa shape index (κ1) is 14.1. The summed E-state index contributed by atoms with van der Waals surface area (Å²) in [7, 11) is 0. The summed E-state index contributed by atoms with van der Waals surface area (Å²) in [6, 6.07) is 0.